The van der Waals surface area contributed by atoms with E-state index in [-0.39, 0.29) is 11.6 Å². The van der Waals surface area contributed by atoms with Crippen LogP contribution < -0.4 is 0 Å². The Labute approximate surface area is 131 Å². The van der Waals surface area contributed by atoms with E-state index in [9.17, 15) is 14.9 Å². The lowest BCUT2D eigenvalue weighted by molar-refractivity contribution is -0.384. The first-order chi connectivity index (χ1) is 9.52. The van der Waals surface area contributed by atoms with Crippen molar-refractivity contribution in [2.75, 3.05) is 13.1 Å². The minimum atomic E-state index is -0.460. The molecular weight excluding hydrogens is 371 g/mol. The lowest BCUT2D eigenvalue weighted by atomic mass is 9.95. The zero-order chi connectivity index (χ0) is 14.7. The van der Waals surface area contributed by atoms with Crippen molar-refractivity contribution in [3.63, 3.8) is 0 Å². The van der Waals surface area contributed by atoms with Crippen molar-refractivity contribution in [2.45, 2.75) is 26.2 Å². The second-order valence-electron chi connectivity index (χ2n) is 5.09. The lowest BCUT2D eigenvalue weighted by Crippen LogP contribution is -2.40. The predicted octanol–water partition coefficient (Wildman–Crippen LogP) is 3.46. The molecule has 0 aromatic heterocycles. The molecule has 1 aromatic rings. The maximum absolute atomic E-state index is 12.6. The van der Waals surface area contributed by atoms with Crippen molar-refractivity contribution in [3.05, 3.63) is 37.4 Å². The third-order valence-corrected chi connectivity index (χ3v) is 4.72. The number of likely N-dealkylation sites (tertiary alicyclic amines) is 1. The fourth-order valence-electron chi connectivity index (χ4n) is 2.54. The molecule has 0 N–H and O–H groups in total. The normalized spacial score (nSPS) is 18.9. The largest absolute Gasteiger partial charge is 0.338 e. The van der Waals surface area contributed by atoms with Gasteiger partial charge in [0.1, 0.15) is 0 Å². The van der Waals surface area contributed by atoms with Gasteiger partial charge >= 0.3 is 0 Å². The van der Waals surface area contributed by atoms with E-state index in [1.165, 1.54) is 12.1 Å². The quantitative estimate of drug-likeness (QED) is 0.453. The van der Waals surface area contributed by atoms with Gasteiger partial charge in [-0.2, -0.15) is 0 Å². The maximum atomic E-state index is 12.6. The third-order valence-electron chi connectivity index (χ3n) is 3.77. The minimum absolute atomic E-state index is 0.0298. The highest BCUT2D eigenvalue weighted by molar-refractivity contribution is 14.1. The monoisotopic (exact) mass is 388 g/mol. The number of nitro groups is 1. The standard InChI is InChI=1S/C14H17IN2O3/c1-2-10-4-3-7-16(9-10)14(18)12-8-11(17(19)20)5-6-13(12)15/h5-6,8,10H,2-4,7,9H2,1H3. The number of nitro benzene ring substituents is 1. The minimum Gasteiger partial charge on any atom is -0.338 e. The first kappa shape index (κ1) is 15.2. The Morgan fingerprint density at radius 1 is 1.55 bits per heavy atom. The van der Waals surface area contributed by atoms with Crippen LogP contribution in [-0.2, 0) is 0 Å². The van der Waals surface area contributed by atoms with Crippen molar-refractivity contribution in [2.24, 2.45) is 5.92 Å². The van der Waals surface area contributed by atoms with Crippen LogP contribution in [0.1, 0.15) is 36.5 Å². The summed E-state index contributed by atoms with van der Waals surface area (Å²) in [4.78, 5) is 24.8. The van der Waals surface area contributed by atoms with Gasteiger partial charge in [-0.1, -0.05) is 13.3 Å². The van der Waals surface area contributed by atoms with E-state index in [0.717, 1.165) is 35.9 Å². The summed E-state index contributed by atoms with van der Waals surface area (Å²) in [5, 5.41) is 10.8. The highest BCUT2D eigenvalue weighted by Crippen LogP contribution is 2.25. The Bertz CT molecular complexity index is 533. The van der Waals surface area contributed by atoms with Gasteiger partial charge < -0.3 is 4.90 Å². The molecule has 5 nitrogen and oxygen atoms in total. The fraction of sp³-hybridized carbons (Fsp3) is 0.500. The average Bonchev–Trinajstić information content (AvgIpc) is 2.46. The molecule has 0 saturated carbocycles. The van der Waals surface area contributed by atoms with Crippen LogP contribution in [-0.4, -0.2) is 28.8 Å². The Balaban J connectivity index is 2.24. The fourth-order valence-corrected chi connectivity index (χ4v) is 3.11. The molecule has 0 radical (unpaired) electrons. The molecule has 1 amide bonds. The van der Waals surface area contributed by atoms with Crippen LogP contribution in [0.2, 0.25) is 0 Å². The van der Waals surface area contributed by atoms with E-state index in [2.05, 4.69) is 29.5 Å². The highest BCUT2D eigenvalue weighted by atomic mass is 127. The number of amides is 1. The number of nitrogens with zero attached hydrogens (tertiary/aromatic N) is 2. The van der Waals surface area contributed by atoms with Crippen LogP contribution in [0, 0.1) is 19.6 Å². The van der Waals surface area contributed by atoms with Crippen LogP contribution in [0.25, 0.3) is 0 Å². The van der Waals surface area contributed by atoms with E-state index in [4.69, 9.17) is 0 Å². The first-order valence-electron chi connectivity index (χ1n) is 6.76. The van der Waals surface area contributed by atoms with Gasteiger partial charge in [-0.15, -0.1) is 0 Å². The smallest absolute Gasteiger partial charge is 0.270 e. The predicted molar refractivity (Wildman–Crippen MR) is 84.7 cm³/mol. The van der Waals surface area contributed by atoms with E-state index in [1.807, 2.05) is 4.90 Å². The topological polar surface area (TPSA) is 63.5 Å². The molecule has 0 aliphatic carbocycles. The Kier molecular flexibility index (Phi) is 4.95. The number of rotatable bonds is 3. The molecule has 1 aliphatic heterocycles. The molecule has 2 rings (SSSR count). The van der Waals surface area contributed by atoms with Gasteiger partial charge in [-0.3, -0.25) is 14.9 Å². The van der Waals surface area contributed by atoms with E-state index < -0.39 is 4.92 Å². The zero-order valence-electron chi connectivity index (χ0n) is 11.3. The summed E-state index contributed by atoms with van der Waals surface area (Å²) in [5.74, 6) is 0.459. The van der Waals surface area contributed by atoms with Gasteiger partial charge in [0.05, 0.1) is 10.5 Å². The summed E-state index contributed by atoms with van der Waals surface area (Å²) in [6.07, 6.45) is 3.23. The van der Waals surface area contributed by atoms with Crippen molar-refractivity contribution in [1.29, 1.82) is 0 Å². The van der Waals surface area contributed by atoms with Crippen LogP contribution in [0.4, 0.5) is 5.69 Å². The molecule has 1 fully saturated rings. The van der Waals surface area contributed by atoms with E-state index in [1.54, 1.807) is 6.07 Å². The van der Waals surface area contributed by atoms with Crippen molar-refractivity contribution in [1.82, 2.24) is 4.90 Å². The number of piperidine rings is 1. The van der Waals surface area contributed by atoms with Gasteiger partial charge in [-0.05, 0) is 47.4 Å². The van der Waals surface area contributed by atoms with Crippen molar-refractivity contribution < 1.29 is 9.72 Å². The second kappa shape index (κ2) is 6.51. The first-order valence-corrected chi connectivity index (χ1v) is 7.84. The molecule has 6 heteroatoms. The van der Waals surface area contributed by atoms with Crippen LogP contribution in [0.3, 0.4) is 0 Å². The SMILES string of the molecule is CCC1CCCN(C(=O)c2cc([N+](=O)[O-])ccc2I)C1. The molecule has 108 valence electrons. The van der Waals surface area contributed by atoms with Gasteiger partial charge in [-0.25, -0.2) is 0 Å². The van der Waals surface area contributed by atoms with Crippen molar-refractivity contribution in [3.8, 4) is 0 Å². The number of carbonyl (C=O) groups excluding carboxylic acids is 1. The second-order valence-corrected chi connectivity index (χ2v) is 6.25. The summed E-state index contributed by atoms with van der Waals surface area (Å²) < 4.78 is 0.761. The Morgan fingerprint density at radius 3 is 2.95 bits per heavy atom. The number of benzene rings is 1. The molecule has 1 aromatic carbocycles. The van der Waals surface area contributed by atoms with Crippen LogP contribution in [0.5, 0.6) is 0 Å². The molecule has 1 saturated heterocycles. The molecule has 1 aliphatic rings. The van der Waals surface area contributed by atoms with Gasteiger partial charge in [0.25, 0.3) is 11.6 Å². The summed E-state index contributed by atoms with van der Waals surface area (Å²) in [6.45, 7) is 3.64. The van der Waals surface area contributed by atoms with Crippen molar-refractivity contribution >= 4 is 34.2 Å². The number of hydrogen-bond acceptors (Lipinski definition) is 3. The zero-order valence-corrected chi connectivity index (χ0v) is 13.5. The number of halogens is 1. The van der Waals surface area contributed by atoms with Crippen LogP contribution in [0.15, 0.2) is 18.2 Å². The van der Waals surface area contributed by atoms with Crippen LogP contribution >= 0.6 is 22.6 Å². The average molecular weight is 388 g/mol. The van der Waals surface area contributed by atoms with Gasteiger partial charge in [0, 0.05) is 28.8 Å². The molecule has 1 unspecified atom stereocenters. The Morgan fingerprint density at radius 2 is 2.30 bits per heavy atom. The molecule has 20 heavy (non-hydrogen) atoms. The molecule has 1 atom stereocenters. The summed E-state index contributed by atoms with van der Waals surface area (Å²) >= 11 is 2.06. The van der Waals surface area contributed by atoms with Gasteiger partial charge in [0.2, 0.25) is 0 Å². The maximum Gasteiger partial charge on any atom is 0.270 e. The highest BCUT2D eigenvalue weighted by Gasteiger charge is 2.25. The summed E-state index contributed by atoms with van der Waals surface area (Å²) in [6, 6.07) is 4.45. The third kappa shape index (κ3) is 3.28. The van der Waals surface area contributed by atoms with E-state index >= 15 is 0 Å². The van der Waals surface area contributed by atoms with E-state index in [0.29, 0.717) is 11.5 Å². The summed E-state index contributed by atoms with van der Waals surface area (Å²) in [5.41, 5.74) is 0.411. The molecule has 0 bridgehead atoms. The molecule has 1 heterocycles. The molecule has 0 spiro atoms. The molecular formula is C14H17IN2O3. The number of non-ortho nitro benzene ring substituents is 1. The number of carbonyl (C=O) groups is 1. The lowest BCUT2D eigenvalue weighted by Gasteiger charge is -2.32. The summed E-state index contributed by atoms with van der Waals surface area (Å²) in [7, 11) is 0. The Hall–Kier alpha value is -1.18. The number of hydrogen-bond donors (Lipinski definition) is 0. The van der Waals surface area contributed by atoms with Gasteiger partial charge in [0.15, 0.2) is 0 Å².